The van der Waals surface area contributed by atoms with Crippen LogP contribution in [0.5, 0.6) is 5.88 Å². The van der Waals surface area contributed by atoms with Gasteiger partial charge in [0.05, 0.1) is 19.2 Å². The Hall–Kier alpha value is -5.46. The molecule has 0 bridgehead atoms. The van der Waals surface area contributed by atoms with Gasteiger partial charge in [-0.15, -0.1) is 0 Å². The zero-order valence-corrected chi connectivity index (χ0v) is 26.1. The largest absolute Gasteiger partial charge is 0.481 e. The van der Waals surface area contributed by atoms with Crippen molar-refractivity contribution in [3.8, 4) is 5.88 Å². The number of nitrogens with zero attached hydrogens (tertiary/aromatic N) is 6. The molecule has 0 spiro atoms. The number of benzene rings is 2. The third kappa shape index (κ3) is 9.78. The molecule has 2 aromatic heterocycles. The van der Waals surface area contributed by atoms with Crippen LogP contribution in [0.15, 0.2) is 83.2 Å². The quantitative estimate of drug-likeness (QED) is 0.176. The average Bonchev–Trinajstić information content (AvgIpc) is 3.71. The van der Waals surface area contributed by atoms with E-state index in [0.29, 0.717) is 43.0 Å². The van der Waals surface area contributed by atoms with Crippen molar-refractivity contribution in [2.45, 2.75) is 51.1 Å². The number of aryl methyl sites for hydroxylation is 3. The van der Waals surface area contributed by atoms with Crippen molar-refractivity contribution in [1.29, 1.82) is 0 Å². The predicted molar refractivity (Wildman–Crippen MR) is 179 cm³/mol. The molecule has 0 unspecified atom stereocenters. The average molecular weight is 625 g/mol. The Morgan fingerprint density at radius 3 is 1.70 bits per heavy atom. The van der Waals surface area contributed by atoms with Crippen LogP contribution < -0.4 is 26.8 Å². The van der Waals surface area contributed by atoms with Gasteiger partial charge in [0.2, 0.25) is 17.8 Å². The van der Waals surface area contributed by atoms with Crippen LogP contribution in [0.4, 0.5) is 23.3 Å². The molecule has 0 amide bonds. The van der Waals surface area contributed by atoms with E-state index in [2.05, 4.69) is 71.7 Å². The standard InChI is InChI=1S/C17H21N5O.C16H19N5O2/c1-2-12-9-19-17(20-10-12)22-14-6-3-13(4-7-14)5-8-15-11-23-16(18)21-15;1-22-14-8-9-18-16(21-14)20-12-5-2-11(3-6-12)4-7-13-10-23-15(17)19-13/h3-4,6-7,9-10,15H,2,5,8,11H2,1H3,(H2,18,21)(H,19,20,22);2-3,5-6,8-9,13H,4,7,10H2,1H3,(H2,17,19)(H,18,20,21)/t15-;13-/m00/s1. The zero-order valence-electron chi connectivity index (χ0n) is 26.1. The number of ether oxygens (including phenoxy) is 3. The maximum absolute atomic E-state index is 5.51. The number of rotatable bonds is 12. The smallest absolute Gasteiger partial charge is 0.282 e. The Morgan fingerprint density at radius 1 is 0.717 bits per heavy atom. The first-order chi connectivity index (χ1) is 22.4. The van der Waals surface area contributed by atoms with Crippen molar-refractivity contribution in [3.05, 3.63) is 89.9 Å². The summed E-state index contributed by atoms with van der Waals surface area (Å²) in [4.78, 5) is 25.4. The summed E-state index contributed by atoms with van der Waals surface area (Å²) in [6, 6.07) is 19.1. The molecule has 4 aromatic rings. The Labute approximate surface area is 268 Å². The molecule has 2 aliphatic heterocycles. The van der Waals surface area contributed by atoms with Gasteiger partial charge in [-0.1, -0.05) is 31.2 Å². The summed E-state index contributed by atoms with van der Waals surface area (Å²) < 4.78 is 15.4. The second-order valence-electron chi connectivity index (χ2n) is 10.8. The van der Waals surface area contributed by atoms with E-state index in [1.807, 2.05) is 36.7 Å². The number of amidine groups is 2. The van der Waals surface area contributed by atoms with Crippen molar-refractivity contribution in [2.24, 2.45) is 21.5 Å². The minimum atomic E-state index is 0.165. The number of nitrogens with one attached hydrogen (secondary N) is 2. The molecule has 0 aliphatic carbocycles. The van der Waals surface area contributed by atoms with Crippen molar-refractivity contribution in [1.82, 2.24) is 19.9 Å². The molecule has 13 nitrogen and oxygen atoms in total. The van der Waals surface area contributed by atoms with Gasteiger partial charge >= 0.3 is 0 Å². The fourth-order valence-corrected chi connectivity index (χ4v) is 4.72. The predicted octanol–water partition coefficient (Wildman–Crippen LogP) is 4.30. The lowest BCUT2D eigenvalue weighted by Crippen LogP contribution is -2.10. The fourth-order valence-electron chi connectivity index (χ4n) is 4.72. The highest BCUT2D eigenvalue weighted by Crippen LogP contribution is 2.19. The van der Waals surface area contributed by atoms with Gasteiger partial charge in [-0.25, -0.2) is 24.9 Å². The highest BCUT2D eigenvalue weighted by atomic mass is 16.5. The van der Waals surface area contributed by atoms with E-state index in [4.69, 9.17) is 25.7 Å². The normalized spacial score (nSPS) is 16.7. The summed E-state index contributed by atoms with van der Waals surface area (Å²) in [5.74, 6) is 1.64. The number of hydrogen-bond donors (Lipinski definition) is 4. The molecule has 2 aliphatic rings. The van der Waals surface area contributed by atoms with Crippen LogP contribution >= 0.6 is 0 Å². The maximum atomic E-state index is 5.51. The van der Waals surface area contributed by atoms with Crippen LogP contribution in [0.3, 0.4) is 0 Å². The monoisotopic (exact) mass is 624 g/mol. The number of hydrogen-bond acceptors (Lipinski definition) is 13. The van der Waals surface area contributed by atoms with Gasteiger partial charge in [0.25, 0.3) is 12.0 Å². The number of methoxy groups -OCH3 is 1. The summed E-state index contributed by atoms with van der Waals surface area (Å²) in [6.07, 6.45) is 10.0. The molecule has 0 saturated carbocycles. The van der Waals surface area contributed by atoms with Gasteiger partial charge in [0, 0.05) is 36.0 Å². The number of aromatic nitrogens is 4. The lowest BCUT2D eigenvalue weighted by atomic mass is 10.1. The van der Waals surface area contributed by atoms with Crippen LogP contribution in [0, 0.1) is 0 Å². The molecular formula is C33H40N10O3. The third-order valence-electron chi connectivity index (χ3n) is 7.37. The lowest BCUT2D eigenvalue weighted by Gasteiger charge is -2.08. The van der Waals surface area contributed by atoms with E-state index in [0.717, 1.165) is 49.0 Å². The molecule has 0 fully saturated rings. The minimum Gasteiger partial charge on any atom is -0.481 e. The lowest BCUT2D eigenvalue weighted by molar-refractivity contribution is 0.308. The van der Waals surface area contributed by atoms with Crippen molar-refractivity contribution in [2.75, 3.05) is 31.0 Å². The van der Waals surface area contributed by atoms with Crippen LogP contribution in [0.25, 0.3) is 0 Å². The van der Waals surface area contributed by atoms with Crippen molar-refractivity contribution >= 4 is 35.3 Å². The first kappa shape index (κ1) is 31.9. The maximum Gasteiger partial charge on any atom is 0.282 e. The molecule has 2 aromatic carbocycles. The Kier molecular flexibility index (Phi) is 11.1. The summed E-state index contributed by atoms with van der Waals surface area (Å²) in [5.41, 5.74) is 16.6. The van der Waals surface area contributed by atoms with Crippen molar-refractivity contribution < 1.29 is 14.2 Å². The summed E-state index contributed by atoms with van der Waals surface area (Å²) in [7, 11) is 1.58. The van der Waals surface area contributed by atoms with E-state index < -0.39 is 0 Å². The van der Waals surface area contributed by atoms with Crippen LogP contribution in [-0.2, 0) is 28.7 Å². The molecule has 4 heterocycles. The number of nitrogens with two attached hydrogens (primary N) is 2. The van der Waals surface area contributed by atoms with E-state index in [9.17, 15) is 0 Å². The molecule has 6 N–H and O–H groups in total. The molecule has 13 heteroatoms. The van der Waals surface area contributed by atoms with E-state index in [-0.39, 0.29) is 12.1 Å². The summed E-state index contributed by atoms with van der Waals surface area (Å²) in [6.45, 7) is 3.26. The third-order valence-corrected chi connectivity index (χ3v) is 7.37. The SMILES string of the molecule is CCc1cnc(Nc2ccc(CC[C@H]3COC(N)=N3)cc2)nc1.COc1ccnc(Nc2ccc(CC[C@H]3COC(N)=N3)cc2)n1. The second-order valence-corrected chi connectivity index (χ2v) is 10.8. The van der Waals surface area contributed by atoms with Gasteiger partial charge < -0.3 is 36.3 Å². The Balaban J connectivity index is 0.000000181. The second kappa shape index (κ2) is 16.0. The summed E-state index contributed by atoms with van der Waals surface area (Å²) in [5, 5.41) is 6.35. The fraction of sp³-hybridized carbons (Fsp3) is 0.333. The molecule has 6 rings (SSSR count). The Morgan fingerprint density at radius 2 is 1.24 bits per heavy atom. The molecular weight excluding hydrogens is 584 g/mol. The van der Waals surface area contributed by atoms with E-state index in [1.54, 1.807) is 19.4 Å². The van der Waals surface area contributed by atoms with Crippen LogP contribution in [0.1, 0.15) is 36.5 Å². The van der Waals surface area contributed by atoms with Gasteiger partial charge in [-0.3, -0.25) is 0 Å². The van der Waals surface area contributed by atoms with Crippen molar-refractivity contribution in [3.63, 3.8) is 0 Å². The first-order valence-corrected chi connectivity index (χ1v) is 15.3. The Bertz CT molecular complexity index is 1600. The van der Waals surface area contributed by atoms with E-state index >= 15 is 0 Å². The van der Waals surface area contributed by atoms with Gasteiger partial charge in [0.15, 0.2) is 0 Å². The van der Waals surface area contributed by atoms with E-state index in [1.165, 1.54) is 11.1 Å². The summed E-state index contributed by atoms with van der Waals surface area (Å²) >= 11 is 0. The molecule has 240 valence electrons. The van der Waals surface area contributed by atoms with Gasteiger partial charge in [-0.2, -0.15) is 4.98 Å². The molecule has 0 saturated heterocycles. The minimum absolute atomic E-state index is 0.165. The zero-order chi connectivity index (χ0) is 32.1. The molecule has 46 heavy (non-hydrogen) atoms. The number of anilines is 4. The van der Waals surface area contributed by atoms with Crippen LogP contribution in [0.2, 0.25) is 0 Å². The van der Waals surface area contributed by atoms with Gasteiger partial charge in [-0.05, 0) is 73.1 Å². The molecule has 0 radical (unpaired) electrons. The molecule has 2 atom stereocenters. The highest BCUT2D eigenvalue weighted by Gasteiger charge is 2.17. The van der Waals surface area contributed by atoms with Gasteiger partial charge in [0.1, 0.15) is 13.2 Å². The van der Waals surface area contributed by atoms with Crippen LogP contribution in [-0.4, -0.2) is 64.4 Å². The highest BCUT2D eigenvalue weighted by molar-refractivity contribution is 5.73. The first-order valence-electron chi connectivity index (χ1n) is 15.3. The number of aliphatic imine (C=N–C) groups is 2. The topological polar surface area (TPSA) is 180 Å².